The summed E-state index contributed by atoms with van der Waals surface area (Å²) in [7, 11) is 1.48. The number of imide groups is 1. The zero-order valence-electron chi connectivity index (χ0n) is 16.0. The van der Waals surface area contributed by atoms with Crippen LogP contribution < -0.4 is 4.74 Å². The van der Waals surface area contributed by atoms with Crippen molar-refractivity contribution in [3.05, 3.63) is 73.2 Å². The van der Waals surface area contributed by atoms with Gasteiger partial charge in [-0.15, -0.1) is 0 Å². The molecular formula is C19H15N3O8S. The number of hydrogen-bond donors (Lipinski definition) is 0. The van der Waals surface area contributed by atoms with Crippen LogP contribution in [0.15, 0.2) is 47.4 Å². The maximum atomic E-state index is 12.3. The first-order valence-corrected chi connectivity index (χ1v) is 9.57. The number of rotatable bonds is 8. The maximum absolute atomic E-state index is 12.3. The molecule has 31 heavy (non-hydrogen) atoms. The quantitative estimate of drug-likeness (QED) is 0.335. The van der Waals surface area contributed by atoms with E-state index in [1.807, 2.05) is 0 Å². The third-order valence-corrected chi connectivity index (χ3v) is 5.06. The maximum Gasteiger partial charge on any atom is 0.318 e. The Kier molecular flexibility index (Phi) is 6.62. The van der Waals surface area contributed by atoms with Crippen LogP contribution in [0.25, 0.3) is 6.08 Å². The lowest BCUT2D eigenvalue weighted by Gasteiger charge is -2.10. The molecule has 3 rings (SSSR count). The largest absolute Gasteiger partial charge is 0.450 e. The first-order chi connectivity index (χ1) is 14.8. The average Bonchev–Trinajstić information content (AvgIpc) is 3.00. The van der Waals surface area contributed by atoms with Crippen LogP contribution in [0.5, 0.6) is 11.5 Å². The molecule has 0 spiro atoms. The number of benzene rings is 2. The molecule has 0 radical (unpaired) electrons. The lowest BCUT2D eigenvalue weighted by Crippen LogP contribution is -2.31. The van der Waals surface area contributed by atoms with E-state index in [2.05, 4.69) is 0 Å². The Labute approximate surface area is 179 Å². The van der Waals surface area contributed by atoms with E-state index in [4.69, 9.17) is 9.47 Å². The van der Waals surface area contributed by atoms with Gasteiger partial charge in [0.2, 0.25) is 5.75 Å². The van der Waals surface area contributed by atoms with Gasteiger partial charge in [-0.05, 0) is 41.6 Å². The molecule has 2 aromatic rings. The van der Waals surface area contributed by atoms with Gasteiger partial charge in [0.1, 0.15) is 5.75 Å². The second-order valence-corrected chi connectivity index (χ2v) is 7.16. The molecule has 160 valence electrons. The molecule has 1 saturated heterocycles. The highest BCUT2D eigenvalue weighted by Gasteiger charge is 2.34. The van der Waals surface area contributed by atoms with Crippen LogP contribution in [0.1, 0.15) is 5.56 Å². The zero-order chi connectivity index (χ0) is 22.5. The summed E-state index contributed by atoms with van der Waals surface area (Å²) in [5.74, 6) is -0.307. The highest BCUT2D eigenvalue weighted by molar-refractivity contribution is 8.18. The molecule has 1 fully saturated rings. The summed E-state index contributed by atoms with van der Waals surface area (Å²) in [6.07, 6.45) is 1.55. The second kappa shape index (κ2) is 9.36. The zero-order valence-corrected chi connectivity index (χ0v) is 16.9. The van der Waals surface area contributed by atoms with Gasteiger partial charge >= 0.3 is 5.69 Å². The SMILES string of the molecule is COCCN1C(=O)S/C(=C/c2ccc(Oc3ccc([N+](=O)[O-])cc3[N+](=O)[O-])cc2)C1=O. The molecule has 11 nitrogen and oxygen atoms in total. The number of thioether (sulfide) groups is 1. The monoisotopic (exact) mass is 445 g/mol. The van der Waals surface area contributed by atoms with Crippen molar-refractivity contribution in [2.75, 3.05) is 20.3 Å². The minimum Gasteiger partial charge on any atom is -0.450 e. The van der Waals surface area contributed by atoms with Gasteiger partial charge < -0.3 is 9.47 Å². The lowest BCUT2D eigenvalue weighted by molar-refractivity contribution is -0.394. The fourth-order valence-corrected chi connectivity index (χ4v) is 3.50. The number of hydrogen-bond acceptors (Lipinski definition) is 9. The minimum absolute atomic E-state index is 0.150. The molecule has 2 amide bonds. The molecule has 12 heteroatoms. The van der Waals surface area contributed by atoms with E-state index in [1.165, 1.54) is 19.2 Å². The Hall–Kier alpha value is -3.77. The molecule has 0 unspecified atom stereocenters. The third kappa shape index (κ3) is 5.05. The molecule has 1 heterocycles. The van der Waals surface area contributed by atoms with Gasteiger partial charge in [-0.25, -0.2) is 0 Å². The topological polar surface area (TPSA) is 142 Å². The lowest BCUT2D eigenvalue weighted by atomic mass is 10.2. The fraction of sp³-hybridized carbons (Fsp3) is 0.158. The first kappa shape index (κ1) is 21.9. The predicted molar refractivity (Wildman–Crippen MR) is 111 cm³/mol. The van der Waals surface area contributed by atoms with Gasteiger partial charge in [0.05, 0.1) is 34.0 Å². The van der Waals surface area contributed by atoms with Crippen molar-refractivity contribution in [3.8, 4) is 11.5 Å². The standard InChI is InChI=1S/C19H15N3O8S/c1-29-9-8-20-18(23)17(31-19(20)24)10-12-2-5-14(6-3-12)30-16-7-4-13(21(25)26)11-15(16)22(27)28/h2-7,10-11H,8-9H2,1H3/b17-10+. The summed E-state index contributed by atoms with van der Waals surface area (Å²) in [5.41, 5.74) is -0.348. The number of ether oxygens (including phenoxy) is 2. The Morgan fingerprint density at radius 3 is 2.39 bits per heavy atom. The van der Waals surface area contributed by atoms with Gasteiger partial charge in [0.15, 0.2) is 0 Å². The van der Waals surface area contributed by atoms with E-state index in [0.717, 1.165) is 34.9 Å². The Morgan fingerprint density at radius 2 is 1.77 bits per heavy atom. The number of carbonyl (C=O) groups excluding carboxylic acids is 2. The van der Waals surface area contributed by atoms with E-state index in [-0.39, 0.29) is 34.8 Å². The van der Waals surface area contributed by atoms with Crippen LogP contribution >= 0.6 is 11.8 Å². The first-order valence-electron chi connectivity index (χ1n) is 8.75. The van der Waals surface area contributed by atoms with Gasteiger partial charge in [-0.2, -0.15) is 0 Å². The van der Waals surface area contributed by atoms with Gasteiger partial charge in [-0.3, -0.25) is 34.7 Å². The summed E-state index contributed by atoms with van der Waals surface area (Å²) in [4.78, 5) is 46.2. The average molecular weight is 445 g/mol. The number of nitro groups is 2. The molecule has 0 bridgehead atoms. The number of methoxy groups -OCH3 is 1. The predicted octanol–water partition coefficient (Wildman–Crippen LogP) is 3.98. The number of non-ortho nitro benzene ring substituents is 1. The van der Waals surface area contributed by atoms with Crippen LogP contribution in [0.3, 0.4) is 0 Å². The smallest absolute Gasteiger partial charge is 0.318 e. The molecular weight excluding hydrogens is 430 g/mol. The molecule has 0 aromatic heterocycles. The van der Waals surface area contributed by atoms with Crippen LogP contribution in [-0.2, 0) is 9.53 Å². The third-order valence-electron chi connectivity index (χ3n) is 4.15. The Bertz CT molecular complexity index is 1080. The van der Waals surface area contributed by atoms with Crippen molar-refractivity contribution in [2.24, 2.45) is 0 Å². The van der Waals surface area contributed by atoms with Crippen molar-refractivity contribution >= 4 is 40.4 Å². The summed E-state index contributed by atoms with van der Waals surface area (Å²) in [5, 5.41) is 21.7. The van der Waals surface area contributed by atoms with Gasteiger partial charge in [0.25, 0.3) is 16.8 Å². The minimum atomic E-state index is -0.767. The fourth-order valence-electron chi connectivity index (χ4n) is 2.63. The molecule has 1 aliphatic heterocycles. The van der Waals surface area contributed by atoms with Crippen molar-refractivity contribution in [1.82, 2.24) is 4.90 Å². The molecule has 1 aliphatic rings. The van der Waals surface area contributed by atoms with Gasteiger partial charge in [0, 0.05) is 13.2 Å². The second-order valence-electron chi connectivity index (χ2n) is 6.16. The highest BCUT2D eigenvalue weighted by atomic mass is 32.2. The van der Waals surface area contributed by atoms with E-state index < -0.39 is 27.1 Å². The van der Waals surface area contributed by atoms with Crippen molar-refractivity contribution < 1.29 is 28.9 Å². The van der Waals surface area contributed by atoms with Crippen molar-refractivity contribution in [2.45, 2.75) is 0 Å². The summed E-state index contributed by atoms with van der Waals surface area (Å²) in [6.45, 7) is 0.408. The van der Waals surface area contributed by atoms with E-state index in [1.54, 1.807) is 18.2 Å². The number of amides is 2. The van der Waals surface area contributed by atoms with E-state index in [9.17, 15) is 29.8 Å². The molecule has 0 N–H and O–H groups in total. The van der Waals surface area contributed by atoms with Gasteiger partial charge in [-0.1, -0.05) is 12.1 Å². The van der Waals surface area contributed by atoms with Crippen molar-refractivity contribution in [3.63, 3.8) is 0 Å². The number of nitrogens with zero attached hydrogens (tertiary/aromatic N) is 3. The van der Waals surface area contributed by atoms with E-state index in [0.29, 0.717) is 5.56 Å². The van der Waals surface area contributed by atoms with Crippen molar-refractivity contribution in [1.29, 1.82) is 0 Å². The van der Waals surface area contributed by atoms with Crippen LogP contribution in [-0.4, -0.2) is 46.2 Å². The molecule has 0 atom stereocenters. The van der Waals surface area contributed by atoms with Crippen LogP contribution in [0.2, 0.25) is 0 Å². The molecule has 2 aromatic carbocycles. The molecule has 0 saturated carbocycles. The summed E-state index contributed by atoms with van der Waals surface area (Å²) in [6, 6.07) is 9.34. The Morgan fingerprint density at radius 1 is 1.06 bits per heavy atom. The summed E-state index contributed by atoms with van der Waals surface area (Å²) >= 11 is 0.824. The highest BCUT2D eigenvalue weighted by Crippen LogP contribution is 2.35. The summed E-state index contributed by atoms with van der Waals surface area (Å²) < 4.78 is 10.4. The van der Waals surface area contributed by atoms with E-state index >= 15 is 0 Å². The molecule has 0 aliphatic carbocycles. The van der Waals surface area contributed by atoms with Crippen LogP contribution in [0.4, 0.5) is 16.2 Å². The normalized spacial score (nSPS) is 14.9. The number of nitro benzene ring substituents is 2. The Balaban J connectivity index is 1.76. The number of carbonyl (C=O) groups is 2. The van der Waals surface area contributed by atoms with Crippen LogP contribution in [0, 0.1) is 20.2 Å².